The van der Waals surface area contributed by atoms with Gasteiger partial charge >= 0.3 is 6.03 Å². The number of rotatable bonds is 1. The number of carbonyl (C=O) groups excluding carboxylic acids is 1. The fraction of sp³-hybridized carbons (Fsp3) is 0.533. The number of aryl methyl sites for hydroxylation is 1. The Labute approximate surface area is 113 Å². The summed E-state index contributed by atoms with van der Waals surface area (Å²) in [6.45, 7) is 2.68. The van der Waals surface area contributed by atoms with E-state index in [4.69, 9.17) is 4.74 Å². The van der Waals surface area contributed by atoms with Gasteiger partial charge in [0.25, 0.3) is 0 Å². The Morgan fingerprint density at radius 2 is 2.05 bits per heavy atom. The smallest absolute Gasteiger partial charge is 0.318 e. The molecule has 0 radical (unpaired) electrons. The second kappa shape index (κ2) is 5.61. The monoisotopic (exact) mass is 260 g/mol. The highest BCUT2D eigenvalue weighted by atomic mass is 16.5. The molecule has 0 saturated carbocycles. The Balaban J connectivity index is 1.68. The zero-order valence-electron chi connectivity index (χ0n) is 11.1. The quantitative estimate of drug-likeness (QED) is 0.840. The van der Waals surface area contributed by atoms with Crippen LogP contribution in [-0.2, 0) is 11.2 Å². The molecule has 2 amide bonds. The third-order valence-corrected chi connectivity index (χ3v) is 3.97. The van der Waals surface area contributed by atoms with E-state index in [-0.39, 0.29) is 12.1 Å². The lowest BCUT2D eigenvalue weighted by molar-refractivity contribution is 0.0523. The molecule has 0 aromatic heterocycles. The molecule has 4 nitrogen and oxygen atoms in total. The van der Waals surface area contributed by atoms with Crippen LogP contribution in [0, 0.1) is 0 Å². The number of nitrogens with zero attached hydrogens (tertiary/aromatic N) is 1. The zero-order chi connectivity index (χ0) is 13.1. The first-order valence-electron chi connectivity index (χ1n) is 7.05. The lowest BCUT2D eigenvalue weighted by atomic mass is 9.88. The summed E-state index contributed by atoms with van der Waals surface area (Å²) in [7, 11) is 0. The maximum absolute atomic E-state index is 12.2. The van der Waals surface area contributed by atoms with Crippen molar-refractivity contribution >= 4 is 6.03 Å². The molecule has 2 aliphatic rings. The van der Waals surface area contributed by atoms with Gasteiger partial charge in [0.2, 0.25) is 0 Å². The van der Waals surface area contributed by atoms with Gasteiger partial charge in [0.1, 0.15) is 0 Å². The van der Waals surface area contributed by atoms with Gasteiger partial charge in [0.15, 0.2) is 0 Å². The van der Waals surface area contributed by atoms with Crippen LogP contribution in [0.4, 0.5) is 4.79 Å². The first-order chi connectivity index (χ1) is 9.34. The van der Waals surface area contributed by atoms with E-state index in [2.05, 4.69) is 29.6 Å². The molecule has 1 N–H and O–H groups in total. The molecule has 3 rings (SSSR count). The summed E-state index contributed by atoms with van der Waals surface area (Å²) in [6.07, 6.45) is 3.30. The third-order valence-electron chi connectivity index (χ3n) is 3.97. The highest BCUT2D eigenvalue weighted by molar-refractivity contribution is 5.75. The molecule has 4 heteroatoms. The Morgan fingerprint density at radius 1 is 1.26 bits per heavy atom. The van der Waals surface area contributed by atoms with Gasteiger partial charge in [0, 0.05) is 13.1 Å². The average Bonchev–Trinajstić information content (AvgIpc) is 2.48. The van der Waals surface area contributed by atoms with E-state index < -0.39 is 0 Å². The molecule has 1 atom stereocenters. The molecule has 1 aliphatic heterocycles. The molecule has 1 aliphatic carbocycles. The van der Waals surface area contributed by atoms with E-state index >= 15 is 0 Å². The van der Waals surface area contributed by atoms with Crippen molar-refractivity contribution < 1.29 is 9.53 Å². The number of hydrogen-bond donors (Lipinski definition) is 1. The third kappa shape index (κ3) is 2.73. The number of ether oxygens (including phenoxy) is 1. The number of hydrogen-bond acceptors (Lipinski definition) is 2. The fourth-order valence-corrected chi connectivity index (χ4v) is 2.91. The van der Waals surface area contributed by atoms with Crippen molar-refractivity contribution in [3.63, 3.8) is 0 Å². The van der Waals surface area contributed by atoms with Crippen LogP contribution in [0.25, 0.3) is 0 Å². The van der Waals surface area contributed by atoms with E-state index in [1.54, 1.807) is 0 Å². The van der Waals surface area contributed by atoms with Crippen molar-refractivity contribution in [3.8, 4) is 0 Å². The predicted octanol–water partition coefficient (Wildman–Crippen LogP) is 2.11. The lowest BCUT2D eigenvalue weighted by Crippen LogP contribution is -2.47. The maximum Gasteiger partial charge on any atom is 0.318 e. The number of carbonyl (C=O) groups is 1. The molecule has 0 bridgehead atoms. The number of fused-ring (bicyclic) bond motifs is 1. The molecule has 1 aromatic rings. The van der Waals surface area contributed by atoms with Gasteiger partial charge < -0.3 is 15.0 Å². The van der Waals surface area contributed by atoms with E-state index in [1.807, 2.05) is 4.90 Å². The first-order valence-corrected chi connectivity index (χ1v) is 7.05. The predicted molar refractivity (Wildman–Crippen MR) is 73.0 cm³/mol. The van der Waals surface area contributed by atoms with E-state index in [0.717, 1.165) is 19.3 Å². The lowest BCUT2D eigenvalue weighted by Gasteiger charge is -2.31. The van der Waals surface area contributed by atoms with E-state index in [0.29, 0.717) is 26.3 Å². The van der Waals surface area contributed by atoms with Gasteiger partial charge in [-0.15, -0.1) is 0 Å². The normalized spacial score (nSPS) is 22.7. The van der Waals surface area contributed by atoms with Crippen LogP contribution in [0.2, 0.25) is 0 Å². The zero-order valence-corrected chi connectivity index (χ0v) is 11.1. The van der Waals surface area contributed by atoms with Crippen molar-refractivity contribution in [2.45, 2.75) is 25.3 Å². The summed E-state index contributed by atoms with van der Waals surface area (Å²) in [5.74, 6) is 0. The minimum atomic E-state index is 0.0463. The number of nitrogens with one attached hydrogen (secondary N) is 1. The van der Waals surface area contributed by atoms with Crippen molar-refractivity contribution in [1.29, 1.82) is 0 Å². The van der Waals surface area contributed by atoms with Crippen molar-refractivity contribution in [2.24, 2.45) is 0 Å². The Hall–Kier alpha value is -1.55. The summed E-state index contributed by atoms with van der Waals surface area (Å²) in [4.78, 5) is 14.1. The number of benzene rings is 1. The summed E-state index contributed by atoms with van der Waals surface area (Å²) >= 11 is 0. The number of urea groups is 1. The van der Waals surface area contributed by atoms with Gasteiger partial charge in [-0.1, -0.05) is 24.3 Å². The standard InChI is InChI=1S/C15H20N2O2/c18-15(17-8-10-19-11-9-17)16-14-7-3-5-12-4-1-2-6-13(12)14/h1-2,4,6,14H,3,5,7-11H2,(H,16,18)/t14-/m0/s1. The second-order valence-electron chi connectivity index (χ2n) is 5.19. The summed E-state index contributed by atoms with van der Waals surface area (Å²) in [6, 6.07) is 8.65. The summed E-state index contributed by atoms with van der Waals surface area (Å²) in [5.41, 5.74) is 2.66. The Morgan fingerprint density at radius 3 is 2.89 bits per heavy atom. The SMILES string of the molecule is O=C(N[C@H]1CCCc2ccccc21)N1CCOCC1. The molecule has 102 valence electrons. The molecule has 1 heterocycles. The van der Waals surface area contributed by atoms with Gasteiger partial charge in [-0.2, -0.15) is 0 Å². The molecule has 0 spiro atoms. The van der Waals surface area contributed by atoms with Crippen LogP contribution in [-0.4, -0.2) is 37.2 Å². The highest BCUT2D eigenvalue weighted by Crippen LogP contribution is 2.29. The highest BCUT2D eigenvalue weighted by Gasteiger charge is 2.24. The van der Waals surface area contributed by atoms with Crippen LogP contribution < -0.4 is 5.32 Å². The fourth-order valence-electron chi connectivity index (χ4n) is 2.91. The minimum Gasteiger partial charge on any atom is -0.378 e. The van der Waals surface area contributed by atoms with E-state index in [9.17, 15) is 4.79 Å². The Bertz CT molecular complexity index is 455. The summed E-state index contributed by atoms with van der Waals surface area (Å²) in [5, 5.41) is 3.18. The minimum absolute atomic E-state index is 0.0463. The molecule has 1 saturated heterocycles. The van der Waals surface area contributed by atoms with Crippen molar-refractivity contribution in [2.75, 3.05) is 26.3 Å². The maximum atomic E-state index is 12.2. The van der Waals surface area contributed by atoms with Crippen molar-refractivity contribution in [3.05, 3.63) is 35.4 Å². The summed E-state index contributed by atoms with van der Waals surface area (Å²) < 4.78 is 5.27. The van der Waals surface area contributed by atoms with Crippen LogP contribution in [0.5, 0.6) is 0 Å². The second-order valence-corrected chi connectivity index (χ2v) is 5.19. The molecule has 1 aromatic carbocycles. The first kappa shape index (κ1) is 12.5. The largest absolute Gasteiger partial charge is 0.378 e. The topological polar surface area (TPSA) is 41.6 Å². The molecular formula is C15H20N2O2. The van der Waals surface area contributed by atoms with Crippen LogP contribution in [0.1, 0.15) is 30.0 Å². The van der Waals surface area contributed by atoms with Gasteiger partial charge in [-0.3, -0.25) is 0 Å². The Kier molecular flexibility index (Phi) is 3.69. The van der Waals surface area contributed by atoms with Crippen LogP contribution in [0.15, 0.2) is 24.3 Å². The average molecular weight is 260 g/mol. The molecular weight excluding hydrogens is 240 g/mol. The van der Waals surface area contributed by atoms with Crippen molar-refractivity contribution in [1.82, 2.24) is 10.2 Å². The van der Waals surface area contributed by atoms with Gasteiger partial charge in [-0.25, -0.2) is 4.79 Å². The molecule has 19 heavy (non-hydrogen) atoms. The van der Waals surface area contributed by atoms with Gasteiger partial charge in [-0.05, 0) is 30.4 Å². The van der Waals surface area contributed by atoms with E-state index in [1.165, 1.54) is 11.1 Å². The van der Waals surface area contributed by atoms with Crippen LogP contribution in [0.3, 0.4) is 0 Å². The molecule has 1 fully saturated rings. The van der Waals surface area contributed by atoms with Gasteiger partial charge in [0.05, 0.1) is 19.3 Å². The number of morpholine rings is 1. The number of amides is 2. The van der Waals surface area contributed by atoms with Crippen LogP contribution >= 0.6 is 0 Å². The molecule has 0 unspecified atom stereocenters.